The normalized spacial score (nSPS) is 10.6. The Kier molecular flexibility index (Phi) is 7.26. The average molecular weight is 139 g/mol. The Hall–Kier alpha value is 0.0899. The van der Waals surface area contributed by atoms with Gasteiger partial charge in [0.05, 0.1) is 0 Å². The predicted molar refractivity (Wildman–Crippen MR) is 53.1 cm³/mol. The molecule has 0 aliphatic rings. The fraction of sp³-hybridized carbons (Fsp3) is 1.00. The van der Waals surface area contributed by atoms with Crippen molar-refractivity contribution in [1.29, 1.82) is 0 Å². The van der Waals surface area contributed by atoms with Gasteiger partial charge >= 0.3 is 0 Å². The van der Waals surface area contributed by atoms with Crippen molar-refractivity contribution in [1.82, 2.24) is 0 Å². The number of hydrogen-bond acceptors (Lipinski definition) is 1. The first-order valence-electron chi connectivity index (χ1n) is 4.55. The van der Waals surface area contributed by atoms with Crippen molar-refractivity contribution in [2.24, 2.45) is 11.7 Å². The third-order valence-electron chi connectivity index (χ3n) is 1.97. The van der Waals surface area contributed by atoms with E-state index in [1.54, 1.807) is 0 Å². The van der Waals surface area contributed by atoms with Gasteiger partial charge in [0.15, 0.2) is 0 Å². The van der Waals surface area contributed by atoms with Gasteiger partial charge in [-0.05, 0) is 18.9 Å². The largest absolute Gasteiger partial charge is 0.330 e. The zero-order valence-corrected chi connectivity index (χ0v) is 7.40. The summed E-state index contributed by atoms with van der Waals surface area (Å²) in [5, 5.41) is 0. The van der Waals surface area contributed by atoms with Crippen LogP contribution < -0.4 is 5.73 Å². The smallest absolute Gasteiger partial charge is 0.101 e. The topological polar surface area (TPSA) is 26.0 Å². The van der Waals surface area contributed by atoms with Crippen LogP contribution in [0, 0.1) is 5.92 Å². The molecule has 0 unspecified atom stereocenters. The van der Waals surface area contributed by atoms with Crippen LogP contribution in [0.2, 0.25) is 12.6 Å². The Morgan fingerprint density at radius 3 is 1.80 bits per heavy atom. The summed E-state index contributed by atoms with van der Waals surface area (Å²) >= 11 is 0. The molecule has 0 saturated carbocycles. The number of nitrogens with two attached hydrogens (primary N) is 1. The number of rotatable bonds is 6. The lowest BCUT2D eigenvalue weighted by Gasteiger charge is -2.12. The molecule has 0 aromatic carbocycles. The van der Waals surface area contributed by atoms with Crippen molar-refractivity contribution < 1.29 is 0 Å². The molecule has 0 fully saturated rings. The van der Waals surface area contributed by atoms with Gasteiger partial charge in [-0.1, -0.05) is 25.5 Å². The van der Waals surface area contributed by atoms with Gasteiger partial charge in [0.2, 0.25) is 0 Å². The summed E-state index contributed by atoms with van der Waals surface area (Å²) in [5.74, 6) is 0.903. The monoisotopic (exact) mass is 139 g/mol. The minimum absolute atomic E-state index is 0.866. The first kappa shape index (κ1) is 10.1. The molecule has 0 bridgehead atoms. The Morgan fingerprint density at radius 2 is 1.50 bits per heavy atom. The highest BCUT2D eigenvalue weighted by Gasteiger charge is 2.03. The molecule has 2 N–H and O–H groups in total. The van der Waals surface area contributed by atoms with E-state index >= 15 is 0 Å². The summed E-state index contributed by atoms with van der Waals surface area (Å²) in [6.07, 6.45) is 6.58. The predicted octanol–water partition coefficient (Wildman–Crippen LogP) is -0.166. The summed E-state index contributed by atoms with van der Waals surface area (Å²) in [5.41, 5.74) is 5.49. The van der Waals surface area contributed by atoms with Gasteiger partial charge in [0.1, 0.15) is 15.7 Å². The highest BCUT2D eigenvalue weighted by atomic mass is 14.5. The molecule has 0 atom stereocenters. The van der Waals surface area contributed by atoms with Crippen molar-refractivity contribution in [2.75, 3.05) is 6.54 Å². The van der Waals surface area contributed by atoms with Crippen LogP contribution in [-0.2, 0) is 0 Å². The third-order valence-corrected chi connectivity index (χ3v) is 1.97. The van der Waals surface area contributed by atoms with Crippen molar-refractivity contribution in [2.45, 2.75) is 31.9 Å². The molecule has 0 aromatic rings. The molecule has 0 aliphatic carbocycles. The second kappa shape index (κ2) is 7.20. The second-order valence-electron chi connectivity index (χ2n) is 3.02. The standard InChI is InChI=1S/C7H19B2N/c8-4-1-7(2-5-9)3-6-10/h7H,1-6,8-10H2. The fourth-order valence-electron chi connectivity index (χ4n) is 1.49. The SMILES string of the molecule is BCCC(CCB)CCN. The average Bonchev–Trinajstić information content (AvgIpc) is 1.90. The van der Waals surface area contributed by atoms with E-state index in [9.17, 15) is 0 Å². The molecule has 1 nitrogen and oxygen atoms in total. The van der Waals surface area contributed by atoms with Crippen LogP contribution in [0.3, 0.4) is 0 Å². The first-order valence-corrected chi connectivity index (χ1v) is 4.55. The van der Waals surface area contributed by atoms with Gasteiger partial charge in [-0.3, -0.25) is 0 Å². The van der Waals surface area contributed by atoms with Crippen LogP contribution in [0.1, 0.15) is 19.3 Å². The van der Waals surface area contributed by atoms with E-state index in [4.69, 9.17) is 5.73 Å². The van der Waals surface area contributed by atoms with Gasteiger partial charge in [-0.15, -0.1) is 0 Å². The van der Waals surface area contributed by atoms with E-state index in [-0.39, 0.29) is 0 Å². The van der Waals surface area contributed by atoms with Crippen LogP contribution >= 0.6 is 0 Å². The van der Waals surface area contributed by atoms with Crippen LogP contribution in [0.5, 0.6) is 0 Å². The Bertz CT molecular complexity index is 54.4. The zero-order chi connectivity index (χ0) is 7.82. The van der Waals surface area contributed by atoms with Gasteiger partial charge in [0, 0.05) is 0 Å². The highest BCUT2D eigenvalue weighted by Crippen LogP contribution is 2.15. The third kappa shape index (κ3) is 4.92. The van der Waals surface area contributed by atoms with Crippen LogP contribution in [-0.4, -0.2) is 22.2 Å². The van der Waals surface area contributed by atoms with Crippen LogP contribution in [0.4, 0.5) is 0 Å². The fourth-order valence-corrected chi connectivity index (χ4v) is 1.49. The summed E-state index contributed by atoms with van der Waals surface area (Å²) in [6, 6.07) is 0. The lowest BCUT2D eigenvalue weighted by Crippen LogP contribution is -2.08. The van der Waals surface area contributed by atoms with Crippen molar-refractivity contribution in [3.63, 3.8) is 0 Å². The molecule has 0 aromatic heterocycles. The summed E-state index contributed by atoms with van der Waals surface area (Å²) in [7, 11) is 4.50. The molecule has 0 amide bonds. The lowest BCUT2D eigenvalue weighted by molar-refractivity contribution is 0.463. The molecule has 0 aliphatic heterocycles. The van der Waals surface area contributed by atoms with Crippen molar-refractivity contribution in [3.05, 3.63) is 0 Å². The number of hydrogen-bond donors (Lipinski definition) is 1. The zero-order valence-electron chi connectivity index (χ0n) is 7.40. The maximum absolute atomic E-state index is 5.49. The molecule has 10 heavy (non-hydrogen) atoms. The Morgan fingerprint density at radius 1 is 1.00 bits per heavy atom. The first-order chi connectivity index (χ1) is 4.85. The van der Waals surface area contributed by atoms with E-state index in [1.165, 1.54) is 31.9 Å². The molecule has 3 heteroatoms. The van der Waals surface area contributed by atoms with E-state index in [2.05, 4.69) is 15.7 Å². The molecule has 0 rings (SSSR count). The summed E-state index contributed by atoms with van der Waals surface area (Å²) in [4.78, 5) is 0. The van der Waals surface area contributed by atoms with Crippen LogP contribution in [0.25, 0.3) is 0 Å². The molecule has 0 heterocycles. The van der Waals surface area contributed by atoms with E-state index in [0.717, 1.165) is 12.5 Å². The summed E-state index contributed by atoms with van der Waals surface area (Å²) in [6.45, 7) is 0.866. The van der Waals surface area contributed by atoms with Crippen molar-refractivity contribution in [3.8, 4) is 0 Å². The molecular weight excluding hydrogens is 120 g/mol. The molecule has 0 spiro atoms. The quantitative estimate of drug-likeness (QED) is 0.508. The Balaban J connectivity index is 3.30. The molecular formula is C7H19B2N. The molecule has 0 saturated heterocycles. The maximum Gasteiger partial charge on any atom is 0.101 e. The minimum atomic E-state index is 0.866. The van der Waals surface area contributed by atoms with E-state index in [1.807, 2.05) is 0 Å². The second-order valence-corrected chi connectivity index (χ2v) is 3.02. The van der Waals surface area contributed by atoms with Gasteiger partial charge in [-0.2, -0.15) is 0 Å². The molecule has 58 valence electrons. The van der Waals surface area contributed by atoms with Crippen molar-refractivity contribution >= 4 is 15.7 Å². The summed E-state index contributed by atoms with van der Waals surface area (Å²) < 4.78 is 0. The molecule has 0 radical (unpaired) electrons. The van der Waals surface area contributed by atoms with Gasteiger partial charge in [-0.25, -0.2) is 0 Å². The van der Waals surface area contributed by atoms with Gasteiger partial charge in [0.25, 0.3) is 0 Å². The van der Waals surface area contributed by atoms with Crippen LogP contribution in [0.15, 0.2) is 0 Å². The Labute approximate surface area is 66.6 Å². The van der Waals surface area contributed by atoms with E-state index in [0.29, 0.717) is 0 Å². The highest BCUT2D eigenvalue weighted by molar-refractivity contribution is 6.08. The lowest BCUT2D eigenvalue weighted by atomic mass is 9.85. The van der Waals surface area contributed by atoms with E-state index < -0.39 is 0 Å². The van der Waals surface area contributed by atoms with Gasteiger partial charge < -0.3 is 5.73 Å². The minimum Gasteiger partial charge on any atom is -0.330 e. The maximum atomic E-state index is 5.49.